The minimum atomic E-state index is -3.94. The normalized spacial score (nSPS) is 11.2. The highest BCUT2D eigenvalue weighted by Gasteiger charge is 2.27. The average molecular weight is 499 g/mol. The zero-order valence-electron chi connectivity index (χ0n) is 19.9. The van der Waals surface area contributed by atoms with Gasteiger partial charge in [-0.15, -0.1) is 11.8 Å². The van der Waals surface area contributed by atoms with Crippen molar-refractivity contribution < 1.29 is 17.9 Å². The second-order valence-electron chi connectivity index (χ2n) is 8.04. The van der Waals surface area contributed by atoms with Gasteiger partial charge in [0.15, 0.2) is 0 Å². The van der Waals surface area contributed by atoms with Gasteiger partial charge in [-0.3, -0.25) is 9.10 Å². The van der Waals surface area contributed by atoms with Crippen LogP contribution in [-0.4, -0.2) is 40.3 Å². The number of thioether (sulfide) groups is 1. The zero-order chi connectivity index (χ0) is 24.7. The molecule has 0 spiro atoms. The summed E-state index contributed by atoms with van der Waals surface area (Å²) >= 11 is 1.53. The van der Waals surface area contributed by atoms with Crippen molar-refractivity contribution in [2.75, 3.05) is 30.3 Å². The number of hydrogen-bond acceptors (Lipinski definition) is 5. The molecule has 0 aliphatic rings. The Morgan fingerprint density at radius 3 is 2.12 bits per heavy atom. The summed E-state index contributed by atoms with van der Waals surface area (Å²) in [5.41, 5.74) is 3.63. The van der Waals surface area contributed by atoms with Crippen molar-refractivity contribution in [2.24, 2.45) is 0 Å². The van der Waals surface area contributed by atoms with Crippen LogP contribution in [0.15, 0.2) is 76.5 Å². The molecule has 0 bridgehead atoms. The highest BCUT2D eigenvalue weighted by molar-refractivity contribution is 7.98. The Labute approximate surface area is 206 Å². The number of hydrogen-bond donors (Lipinski definition) is 1. The number of ether oxygens (including phenoxy) is 1. The Kier molecular flexibility index (Phi) is 8.63. The highest BCUT2D eigenvalue weighted by Crippen LogP contribution is 2.25. The molecule has 0 atom stereocenters. The number of nitrogens with zero attached hydrogens (tertiary/aromatic N) is 1. The lowest BCUT2D eigenvalue weighted by molar-refractivity contribution is -0.119. The van der Waals surface area contributed by atoms with E-state index in [0.29, 0.717) is 5.69 Å². The fraction of sp³-hybridized carbons (Fsp3) is 0.269. The van der Waals surface area contributed by atoms with Crippen LogP contribution in [0.3, 0.4) is 0 Å². The number of rotatable bonds is 10. The molecule has 0 radical (unpaired) electrons. The fourth-order valence-electron chi connectivity index (χ4n) is 3.46. The number of aryl methyl sites for hydroxylation is 3. The van der Waals surface area contributed by atoms with E-state index in [2.05, 4.69) is 11.4 Å². The summed E-state index contributed by atoms with van der Waals surface area (Å²) in [4.78, 5) is 13.8. The van der Waals surface area contributed by atoms with Crippen molar-refractivity contribution in [3.63, 3.8) is 0 Å². The van der Waals surface area contributed by atoms with E-state index in [1.165, 1.54) is 11.8 Å². The minimum Gasteiger partial charge on any atom is -0.492 e. The quantitative estimate of drug-likeness (QED) is 0.323. The summed E-state index contributed by atoms with van der Waals surface area (Å²) < 4.78 is 33.8. The van der Waals surface area contributed by atoms with E-state index in [-0.39, 0.29) is 24.6 Å². The molecule has 3 aromatic rings. The maximum atomic E-state index is 13.4. The molecule has 0 saturated carbocycles. The molecule has 0 aromatic heterocycles. The SMILES string of the molecule is CSc1ccc(S(=O)(=O)N(CC(=O)NCCOc2cc(C)cc(C)c2)c2ccc(C)cc2)cc1. The van der Waals surface area contributed by atoms with E-state index in [9.17, 15) is 13.2 Å². The summed E-state index contributed by atoms with van der Waals surface area (Å²) in [6.45, 7) is 6.12. The standard InChI is InChI=1S/C26H30N2O4S2/c1-19-5-7-22(8-6-19)28(34(30,31)25-11-9-24(33-4)10-12-25)18-26(29)27-13-14-32-23-16-20(2)15-21(3)17-23/h5-12,15-17H,13-14,18H2,1-4H3,(H,27,29). The summed E-state index contributed by atoms with van der Waals surface area (Å²) in [6.07, 6.45) is 1.93. The van der Waals surface area contributed by atoms with Gasteiger partial charge >= 0.3 is 0 Å². The molecule has 0 heterocycles. The number of sulfonamides is 1. The van der Waals surface area contributed by atoms with Gasteiger partial charge in [-0.1, -0.05) is 23.8 Å². The van der Waals surface area contributed by atoms with E-state index in [0.717, 1.165) is 31.6 Å². The molecule has 180 valence electrons. The van der Waals surface area contributed by atoms with Gasteiger partial charge < -0.3 is 10.1 Å². The lowest BCUT2D eigenvalue weighted by atomic mass is 10.1. The lowest BCUT2D eigenvalue weighted by Gasteiger charge is -2.24. The summed E-state index contributed by atoms with van der Waals surface area (Å²) in [7, 11) is -3.94. The van der Waals surface area contributed by atoms with Crippen LogP contribution < -0.4 is 14.4 Å². The molecule has 3 aromatic carbocycles. The molecule has 6 nitrogen and oxygen atoms in total. The number of carbonyl (C=O) groups excluding carboxylic acids is 1. The molecule has 1 amide bonds. The van der Waals surface area contributed by atoms with Crippen LogP contribution in [0.4, 0.5) is 5.69 Å². The number of nitrogens with one attached hydrogen (secondary N) is 1. The van der Waals surface area contributed by atoms with Gasteiger partial charge in [0.2, 0.25) is 5.91 Å². The maximum Gasteiger partial charge on any atom is 0.264 e. The van der Waals surface area contributed by atoms with E-state index in [1.54, 1.807) is 36.4 Å². The average Bonchev–Trinajstić information content (AvgIpc) is 2.80. The molecule has 1 N–H and O–H groups in total. The predicted octanol–water partition coefficient (Wildman–Crippen LogP) is 4.72. The zero-order valence-corrected chi connectivity index (χ0v) is 21.5. The molecule has 0 aliphatic heterocycles. The summed E-state index contributed by atoms with van der Waals surface area (Å²) in [5, 5.41) is 2.76. The first-order valence-electron chi connectivity index (χ1n) is 10.9. The summed E-state index contributed by atoms with van der Waals surface area (Å²) in [5.74, 6) is 0.332. The number of anilines is 1. The van der Waals surface area contributed by atoms with Gasteiger partial charge in [-0.2, -0.15) is 0 Å². The highest BCUT2D eigenvalue weighted by atomic mass is 32.2. The minimum absolute atomic E-state index is 0.136. The van der Waals surface area contributed by atoms with Crippen molar-refractivity contribution in [2.45, 2.75) is 30.6 Å². The molecule has 0 aliphatic carbocycles. The van der Waals surface area contributed by atoms with Crippen LogP contribution >= 0.6 is 11.8 Å². The monoisotopic (exact) mass is 498 g/mol. The van der Waals surface area contributed by atoms with Crippen LogP contribution in [0.1, 0.15) is 16.7 Å². The van der Waals surface area contributed by atoms with Gasteiger partial charge in [-0.25, -0.2) is 8.42 Å². The Morgan fingerprint density at radius 1 is 0.912 bits per heavy atom. The number of benzene rings is 3. The van der Waals surface area contributed by atoms with Crippen molar-refractivity contribution in [3.05, 3.63) is 83.4 Å². The Bertz CT molecular complexity index is 1200. The van der Waals surface area contributed by atoms with Gasteiger partial charge in [0.05, 0.1) is 17.1 Å². The topological polar surface area (TPSA) is 75.7 Å². The molecule has 0 fully saturated rings. The van der Waals surface area contributed by atoms with E-state index in [1.807, 2.05) is 51.3 Å². The Balaban J connectivity index is 1.70. The molecule has 8 heteroatoms. The Morgan fingerprint density at radius 2 is 1.53 bits per heavy atom. The molecule has 34 heavy (non-hydrogen) atoms. The lowest BCUT2D eigenvalue weighted by Crippen LogP contribution is -2.41. The van der Waals surface area contributed by atoms with Gasteiger partial charge in [-0.05, 0) is 86.7 Å². The predicted molar refractivity (Wildman–Crippen MR) is 138 cm³/mol. The smallest absolute Gasteiger partial charge is 0.264 e. The van der Waals surface area contributed by atoms with E-state index >= 15 is 0 Å². The van der Waals surface area contributed by atoms with Crippen LogP contribution in [0.25, 0.3) is 0 Å². The van der Waals surface area contributed by atoms with Crippen molar-refractivity contribution in [1.82, 2.24) is 5.32 Å². The molecule has 0 unspecified atom stereocenters. The Hall–Kier alpha value is -2.97. The second-order valence-corrected chi connectivity index (χ2v) is 10.8. The molecule has 0 saturated heterocycles. The number of amides is 1. The summed E-state index contributed by atoms with van der Waals surface area (Å²) in [6, 6.07) is 19.6. The molecular weight excluding hydrogens is 468 g/mol. The first kappa shape index (κ1) is 25.6. The largest absolute Gasteiger partial charge is 0.492 e. The molecular formula is C26H30N2O4S2. The van der Waals surface area contributed by atoms with Gasteiger partial charge in [0.1, 0.15) is 18.9 Å². The van der Waals surface area contributed by atoms with Crippen LogP contribution in [0, 0.1) is 20.8 Å². The molecule has 3 rings (SSSR count). The third kappa shape index (κ3) is 6.77. The van der Waals surface area contributed by atoms with Crippen molar-refractivity contribution in [3.8, 4) is 5.75 Å². The maximum absolute atomic E-state index is 13.4. The third-order valence-electron chi connectivity index (χ3n) is 5.14. The van der Waals surface area contributed by atoms with Gasteiger partial charge in [0.25, 0.3) is 10.0 Å². The van der Waals surface area contributed by atoms with Crippen LogP contribution in [0.2, 0.25) is 0 Å². The first-order chi connectivity index (χ1) is 16.2. The van der Waals surface area contributed by atoms with E-state index < -0.39 is 15.9 Å². The first-order valence-corrected chi connectivity index (χ1v) is 13.6. The van der Waals surface area contributed by atoms with Crippen molar-refractivity contribution >= 4 is 33.4 Å². The van der Waals surface area contributed by atoms with E-state index in [4.69, 9.17) is 4.74 Å². The fourth-order valence-corrected chi connectivity index (χ4v) is 5.29. The second kappa shape index (κ2) is 11.4. The van der Waals surface area contributed by atoms with Crippen molar-refractivity contribution in [1.29, 1.82) is 0 Å². The third-order valence-corrected chi connectivity index (χ3v) is 7.68. The number of carbonyl (C=O) groups is 1. The van der Waals surface area contributed by atoms with Crippen LogP contribution in [0.5, 0.6) is 5.75 Å². The van der Waals surface area contributed by atoms with Crippen LogP contribution in [-0.2, 0) is 14.8 Å². The van der Waals surface area contributed by atoms with Gasteiger partial charge in [0, 0.05) is 4.90 Å².